The molecule has 4 rings (SSSR count). The van der Waals surface area contributed by atoms with Crippen LogP contribution in [0.25, 0.3) is 0 Å². The number of aryl methyl sites for hydroxylation is 6. The van der Waals surface area contributed by atoms with Crippen molar-refractivity contribution >= 4 is 0 Å². The SMILES string of the molecule is CCCCCCCC[n+]1ccc(CCCc2cc[nH+]cc2)cc1.CCCCCC[n+]1ccc(CCCc2cc[nH+]cc2)cc1. The first-order chi connectivity index (χ1) is 21.8. The summed E-state index contributed by atoms with van der Waals surface area (Å²) >= 11 is 0. The van der Waals surface area contributed by atoms with Crippen LogP contribution in [0, 0.1) is 0 Å². The predicted octanol–water partition coefficient (Wildman–Crippen LogP) is 7.87. The summed E-state index contributed by atoms with van der Waals surface area (Å²) in [6, 6.07) is 17.8. The van der Waals surface area contributed by atoms with Gasteiger partial charge in [-0.15, -0.1) is 0 Å². The molecule has 0 bridgehead atoms. The maximum atomic E-state index is 3.08. The highest BCUT2D eigenvalue weighted by molar-refractivity contribution is 5.11. The van der Waals surface area contributed by atoms with E-state index in [0.29, 0.717) is 0 Å². The highest BCUT2D eigenvalue weighted by atomic mass is 14.9. The zero-order valence-electron chi connectivity index (χ0n) is 27.9. The van der Waals surface area contributed by atoms with Crippen LogP contribution in [0.3, 0.4) is 0 Å². The van der Waals surface area contributed by atoms with Crippen molar-refractivity contribution < 1.29 is 19.1 Å². The lowest BCUT2D eigenvalue weighted by Crippen LogP contribution is -2.32. The predicted molar refractivity (Wildman–Crippen MR) is 181 cm³/mol. The lowest BCUT2D eigenvalue weighted by atomic mass is 10.1. The second-order valence-corrected chi connectivity index (χ2v) is 12.2. The van der Waals surface area contributed by atoms with Gasteiger partial charge in [-0.1, -0.05) is 52.4 Å². The molecule has 4 heterocycles. The summed E-state index contributed by atoms with van der Waals surface area (Å²) in [6.45, 7) is 6.85. The summed E-state index contributed by atoms with van der Waals surface area (Å²) in [6.07, 6.45) is 37.5. The molecule has 0 aliphatic carbocycles. The minimum absolute atomic E-state index is 1.15. The summed E-state index contributed by atoms with van der Waals surface area (Å²) in [4.78, 5) is 6.14. The van der Waals surface area contributed by atoms with Crippen molar-refractivity contribution in [2.75, 3.05) is 0 Å². The van der Waals surface area contributed by atoms with Gasteiger partial charge in [0, 0.05) is 61.4 Å². The van der Waals surface area contributed by atoms with E-state index in [-0.39, 0.29) is 0 Å². The summed E-state index contributed by atoms with van der Waals surface area (Å²) in [5.74, 6) is 0. The first-order valence-corrected chi connectivity index (χ1v) is 17.6. The van der Waals surface area contributed by atoms with Crippen LogP contribution in [-0.2, 0) is 38.8 Å². The second kappa shape index (κ2) is 23.0. The standard InChI is InChI=1S/C21H31N2.C19H27N2/c1-2-3-4-5-6-7-17-23-18-13-21(14-19-23)10-8-9-20-11-15-22-16-12-20;1-2-3-4-5-15-21-16-11-19(12-17-21)8-6-7-18-9-13-20-14-10-18/h11-16,18-19H,2-10,17H2,1H3;9-14,16-17H,2-8,15H2,1H3/q2*+1/p+2. The van der Waals surface area contributed by atoms with Crippen molar-refractivity contribution in [2.24, 2.45) is 0 Å². The third kappa shape index (κ3) is 15.9. The van der Waals surface area contributed by atoms with Crippen molar-refractivity contribution in [3.63, 3.8) is 0 Å². The molecule has 0 radical (unpaired) electrons. The number of aromatic nitrogens is 4. The second-order valence-electron chi connectivity index (χ2n) is 12.2. The Morgan fingerprint density at radius 1 is 0.386 bits per heavy atom. The highest BCUT2D eigenvalue weighted by Gasteiger charge is 2.03. The normalized spacial score (nSPS) is 10.8. The maximum Gasteiger partial charge on any atom is 0.169 e. The number of rotatable bonds is 20. The van der Waals surface area contributed by atoms with E-state index in [1.807, 2.05) is 24.8 Å². The van der Waals surface area contributed by atoms with Crippen LogP contribution in [0.2, 0.25) is 0 Å². The Balaban J connectivity index is 0.000000241. The number of hydrogen-bond donors (Lipinski definition) is 0. The van der Waals surface area contributed by atoms with Crippen molar-refractivity contribution in [1.82, 2.24) is 0 Å². The number of H-pyrrole nitrogens is 2. The molecule has 0 atom stereocenters. The molecule has 0 fully saturated rings. The van der Waals surface area contributed by atoms with Crippen LogP contribution in [0.4, 0.5) is 0 Å². The van der Waals surface area contributed by atoms with Crippen LogP contribution in [0.1, 0.15) is 113 Å². The van der Waals surface area contributed by atoms with E-state index in [1.54, 1.807) is 0 Å². The Morgan fingerprint density at radius 2 is 0.705 bits per heavy atom. The minimum Gasteiger partial charge on any atom is -0.218 e. The van der Waals surface area contributed by atoms with Gasteiger partial charge < -0.3 is 0 Å². The molecule has 0 aliphatic heterocycles. The Morgan fingerprint density at radius 3 is 1.09 bits per heavy atom. The molecular weight excluding hydrogens is 536 g/mol. The van der Waals surface area contributed by atoms with Gasteiger partial charge in [-0.25, -0.2) is 19.1 Å². The molecule has 0 amide bonds. The molecule has 236 valence electrons. The zero-order chi connectivity index (χ0) is 30.9. The largest absolute Gasteiger partial charge is 0.218 e. The maximum absolute atomic E-state index is 3.08. The van der Waals surface area contributed by atoms with Crippen LogP contribution < -0.4 is 19.1 Å². The third-order valence-corrected chi connectivity index (χ3v) is 8.40. The molecule has 4 aromatic rings. The number of nitrogens with zero attached hydrogens (tertiary/aromatic N) is 2. The molecule has 0 saturated heterocycles. The lowest BCUT2D eigenvalue weighted by Gasteiger charge is -2.02. The highest BCUT2D eigenvalue weighted by Crippen LogP contribution is 2.08. The van der Waals surface area contributed by atoms with E-state index < -0.39 is 0 Å². The minimum atomic E-state index is 1.15. The van der Waals surface area contributed by atoms with Gasteiger partial charge in [-0.3, -0.25) is 0 Å². The van der Waals surface area contributed by atoms with E-state index in [0.717, 1.165) is 38.8 Å². The fourth-order valence-electron chi connectivity index (χ4n) is 5.57. The molecule has 0 saturated carbocycles. The average molecular weight is 597 g/mol. The number of aromatic amines is 2. The van der Waals surface area contributed by atoms with Gasteiger partial charge in [0.05, 0.1) is 0 Å². The van der Waals surface area contributed by atoms with Gasteiger partial charge in [-0.05, 0) is 73.6 Å². The molecule has 4 aromatic heterocycles. The number of pyridine rings is 4. The first kappa shape index (κ1) is 35.1. The van der Waals surface area contributed by atoms with Crippen LogP contribution >= 0.6 is 0 Å². The van der Waals surface area contributed by atoms with Crippen molar-refractivity contribution in [3.05, 3.63) is 120 Å². The molecule has 0 unspecified atom stereocenters. The molecule has 4 nitrogen and oxygen atoms in total. The summed E-state index contributed by atoms with van der Waals surface area (Å²) < 4.78 is 4.64. The molecule has 4 heteroatoms. The van der Waals surface area contributed by atoms with Crippen molar-refractivity contribution in [3.8, 4) is 0 Å². The first-order valence-electron chi connectivity index (χ1n) is 17.6. The topological polar surface area (TPSA) is 36.0 Å². The summed E-state index contributed by atoms with van der Waals surface area (Å²) in [5.41, 5.74) is 5.72. The Kier molecular flexibility index (Phi) is 18.4. The zero-order valence-corrected chi connectivity index (χ0v) is 27.9. The molecule has 2 N–H and O–H groups in total. The van der Waals surface area contributed by atoms with Crippen LogP contribution in [0.5, 0.6) is 0 Å². The van der Waals surface area contributed by atoms with Gasteiger partial charge in [-0.2, -0.15) is 0 Å². The monoisotopic (exact) mass is 596 g/mol. The molecule has 44 heavy (non-hydrogen) atoms. The van der Waals surface area contributed by atoms with E-state index >= 15 is 0 Å². The average Bonchev–Trinajstić information content (AvgIpc) is 3.07. The molecule has 0 aromatic carbocycles. The van der Waals surface area contributed by atoms with Crippen LogP contribution in [0.15, 0.2) is 98.1 Å². The lowest BCUT2D eigenvalue weighted by molar-refractivity contribution is -0.697. The molecular formula is C40H60N4+4. The third-order valence-electron chi connectivity index (χ3n) is 8.40. The van der Waals surface area contributed by atoms with Gasteiger partial charge in [0.25, 0.3) is 0 Å². The van der Waals surface area contributed by atoms with Crippen molar-refractivity contribution in [2.45, 2.75) is 130 Å². The molecule has 0 spiro atoms. The summed E-state index contributed by atoms with van der Waals surface area (Å²) in [7, 11) is 0. The fraction of sp³-hybridized carbons (Fsp3) is 0.500. The Labute approximate surface area is 268 Å². The van der Waals surface area contributed by atoms with Crippen LogP contribution in [-0.4, -0.2) is 0 Å². The Hall–Kier alpha value is -3.40. The van der Waals surface area contributed by atoms with Gasteiger partial charge in [0.15, 0.2) is 49.6 Å². The van der Waals surface area contributed by atoms with Gasteiger partial charge in [0.2, 0.25) is 0 Å². The quantitative estimate of drug-likeness (QED) is 0.0735. The number of hydrogen-bond acceptors (Lipinski definition) is 0. The summed E-state index contributed by atoms with van der Waals surface area (Å²) in [5, 5.41) is 0. The van der Waals surface area contributed by atoms with E-state index in [1.165, 1.54) is 99.3 Å². The Bertz CT molecular complexity index is 1210. The van der Waals surface area contributed by atoms with E-state index in [9.17, 15) is 0 Å². The van der Waals surface area contributed by atoms with E-state index in [2.05, 4.69) is 106 Å². The number of unbranched alkanes of at least 4 members (excludes halogenated alkanes) is 8. The molecule has 0 aliphatic rings. The fourth-order valence-corrected chi connectivity index (χ4v) is 5.57. The smallest absolute Gasteiger partial charge is 0.169 e. The van der Waals surface area contributed by atoms with Gasteiger partial charge >= 0.3 is 0 Å². The number of nitrogens with one attached hydrogen (secondary N) is 2. The van der Waals surface area contributed by atoms with Gasteiger partial charge in [0.1, 0.15) is 13.1 Å². The van der Waals surface area contributed by atoms with Crippen molar-refractivity contribution in [1.29, 1.82) is 0 Å². The van der Waals surface area contributed by atoms with E-state index in [4.69, 9.17) is 0 Å².